The van der Waals surface area contributed by atoms with E-state index in [2.05, 4.69) is 0 Å². The lowest BCUT2D eigenvalue weighted by molar-refractivity contribution is -0.119. The number of aliphatic hydroxyl groups excluding tert-OH is 1. The Balaban J connectivity index is 2.58. The van der Waals surface area contributed by atoms with Crippen LogP contribution in [0.4, 0.5) is 11.4 Å². The third-order valence-corrected chi connectivity index (χ3v) is 2.64. The summed E-state index contributed by atoms with van der Waals surface area (Å²) in [7, 11) is 3.53. The summed E-state index contributed by atoms with van der Waals surface area (Å²) < 4.78 is 0. The highest BCUT2D eigenvalue weighted by Crippen LogP contribution is 2.14. The molecule has 0 aliphatic carbocycles. The van der Waals surface area contributed by atoms with Crippen LogP contribution in [-0.2, 0) is 4.79 Å². The number of amides is 1. The van der Waals surface area contributed by atoms with Crippen molar-refractivity contribution in [1.29, 1.82) is 0 Å². The van der Waals surface area contributed by atoms with Crippen LogP contribution in [0, 0.1) is 0 Å². The zero-order chi connectivity index (χ0) is 13.7. The lowest BCUT2D eigenvalue weighted by atomic mass is 10.2. The van der Waals surface area contributed by atoms with E-state index in [-0.39, 0.29) is 12.5 Å². The van der Waals surface area contributed by atoms with E-state index in [0.29, 0.717) is 12.2 Å². The first-order chi connectivity index (χ1) is 8.40. The molecule has 0 bridgehead atoms. The van der Waals surface area contributed by atoms with Crippen molar-refractivity contribution in [3.63, 3.8) is 0 Å². The summed E-state index contributed by atoms with van der Waals surface area (Å²) in [5.41, 5.74) is 7.08. The van der Waals surface area contributed by atoms with Crippen LogP contribution in [0.1, 0.15) is 6.92 Å². The topological polar surface area (TPSA) is 69.8 Å². The van der Waals surface area contributed by atoms with Crippen molar-refractivity contribution in [1.82, 2.24) is 4.90 Å². The van der Waals surface area contributed by atoms with Gasteiger partial charge in [0, 0.05) is 25.0 Å². The number of rotatable bonds is 5. The predicted octanol–water partition coefficient (Wildman–Crippen LogP) is 0.544. The molecular formula is C13H21N3O2. The quantitative estimate of drug-likeness (QED) is 0.750. The molecule has 0 spiro atoms. The fourth-order valence-corrected chi connectivity index (χ4v) is 1.69. The average molecular weight is 251 g/mol. The summed E-state index contributed by atoms with van der Waals surface area (Å²) in [4.78, 5) is 15.4. The fraction of sp³-hybridized carbons (Fsp3) is 0.462. The van der Waals surface area contributed by atoms with Gasteiger partial charge in [-0.05, 0) is 38.2 Å². The number of hydrogen-bond donors (Lipinski definition) is 2. The molecule has 1 amide bonds. The molecule has 0 aromatic heterocycles. The Kier molecular flexibility index (Phi) is 5.12. The van der Waals surface area contributed by atoms with E-state index in [1.807, 2.05) is 12.1 Å². The maximum atomic E-state index is 12.0. The van der Waals surface area contributed by atoms with Crippen molar-refractivity contribution >= 4 is 17.3 Å². The summed E-state index contributed by atoms with van der Waals surface area (Å²) in [5.74, 6) is -0.0251. The number of nitrogens with zero attached hydrogens (tertiary/aromatic N) is 2. The molecule has 0 aliphatic rings. The van der Waals surface area contributed by atoms with Crippen molar-refractivity contribution in [3.8, 4) is 0 Å². The molecule has 18 heavy (non-hydrogen) atoms. The summed E-state index contributed by atoms with van der Waals surface area (Å²) in [6.07, 6.45) is -0.440. The SMILES string of the molecule is CC(O)CN(C)CC(=O)N(C)c1ccc(N)cc1. The second-order valence-electron chi connectivity index (χ2n) is 4.59. The van der Waals surface area contributed by atoms with E-state index in [1.54, 1.807) is 43.0 Å². The predicted molar refractivity (Wildman–Crippen MR) is 73.4 cm³/mol. The van der Waals surface area contributed by atoms with Crippen LogP contribution in [-0.4, -0.2) is 49.2 Å². The first kappa shape index (κ1) is 14.5. The Morgan fingerprint density at radius 1 is 1.33 bits per heavy atom. The van der Waals surface area contributed by atoms with Gasteiger partial charge in [0.1, 0.15) is 0 Å². The van der Waals surface area contributed by atoms with E-state index >= 15 is 0 Å². The number of hydrogen-bond acceptors (Lipinski definition) is 4. The third kappa shape index (κ3) is 4.35. The molecular weight excluding hydrogens is 230 g/mol. The molecule has 3 N–H and O–H groups in total. The smallest absolute Gasteiger partial charge is 0.240 e. The van der Waals surface area contributed by atoms with E-state index in [9.17, 15) is 9.90 Å². The number of carbonyl (C=O) groups is 1. The van der Waals surface area contributed by atoms with Gasteiger partial charge in [-0.15, -0.1) is 0 Å². The molecule has 0 heterocycles. The molecule has 1 atom stereocenters. The molecule has 0 radical (unpaired) electrons. The Labute approximate surface area is 108 Å². The van der Waals surface area contributed by atoms with Gasteiger partial charge in [-0.25, -0.2) is 0 Å². The number of carbonyl (C=O) groups excluding carboxylic acids is 1. The van der Waals surface area contributed by atoms with Crippen LogP contribution in [0.3, 0.4) is 0 Å². The zero-order valence-electron chi connectivity index (χ0n) is 11.1. The van der Waals surface area contributed by atoms with Gasteiger partial charge in [0.05, 0.1) is 12.6 Å². The van der Waals surface area contributed by atoms with Gasteiger partial charge >= 0.3 is 0 Å². The molecule has 1 rings (SSSR count). The molecule has 0 fully saturated rings. The maximum absolute atomic E-state index is 12.0. The summed E-state index contributed by atoms with van der Waals surface area (Å²) in [6, 6.07) is 7.14. The van der Waals surface area contributed by atoms with Crippen LogP contribution in [0.25, 0.3) is 0 Å². The molecule has 5 nitrogen and oxygen atoms in total. The molecule has 0 aliphatic heterocycles. The van der Waals surface area contributed by atoms with E-state index in [4.69, 9.17) is 5.73 Å². The van der Waals surface area contributed by atoms with Gasteiger partial charge in [-0.2, -0.15) is 0 Å². The minimum Gasteiger partial charge on any atom is -0.399 e. The van der Waals surface area contributed by atoms with Gasteiger partial charge in [0.25, 0.3) is 0 Å². The Hall–Kier alpha value is -1.59. The Morgan fingerprint density at radius 3 is 2.39 bits per heavy atom. The van der Waals surface area contributed by atoms with Crippen molar-refractivity contribution in [2.45, 2.75) is 13.0 Å². The highest BCUT2D eigenvalue weighted by molar-refractivity contribution is 5.94. The normalized spacial score (nSPS) is 12.5. The Bertz CT molecular complexity index is 390. The standard InChI is InChI=1S/C13H21N3O2/c1-10(17)8-15(2)9-13(18)16(3)12-6-4-11(14)5-7-12/h4-7,10,17H,8-9,14H2,1-3H3. The lowest BCUT2D eigenvalue weighted by Crippen LogP contribution is -2.39. The van der Waals surface area contributed by atoms with Crippen LogP contribution in [0.2, 0.25) is 0 Å². The zero-order valence-corrected chi connectivity index (χ0v) is 11.1. The van der Waals surface area contributed by atoms with Crippen LogP contribution < -0.4 is 10.6 Å². The highest BCUT2D eigenvalue weighted by atomic mass is 16.3. The van der Waals surface area contributed by atoms with E-state index < -0.39 is 6.10 Å². The van der Waals surface area contributed by atoms with Crippen LogP contribution in [0.15, 0.2) is 24.3 Å². The number of nitrogen functional groups attached to an aromatic ring is 1. The number of benzene rings is 1. The molecule has 5 heteroatoms. The average Bonchev–Trinajstić information content (AvgIpc) is 2.27. The fourth-order valence-electron chi connectivity index (χ4n) is 1.69. The third-order valence-electron chi connectivity index (χ3n) is 2.64. The monoisotopic (exact) mass is 251 g/mol. The van der Waals surface area contributed by atoms with E-state index in [0.717, 1.165) is 5.69 Å². The number of aliphatic hydroxyl groups is 1. The number of anilines is 2. The van der Waals surface area contributed by atoms with Gasteiger partial charge < -0.3 is 15.7 Å². The molecule has 100 valence electrons. The molecule has 1 aromatic carbocycles. The summed E-state index contributed by atoms with van der Waals surface area (Å²) >= 11 is 0. The lowest BCUT2D eigenvalue weighted by Gasteiger charge is -2.22. The first-order valence-corrected chi connectivity index (χ1v) is 5.89. The molecule has 1 unspecified atom stereocenters. The second kappa shape index (κ2) is 6.37. The minimum absolute atomic E-state index is 0.0251. The van der Waals surface area contributed by atoms with Gasteiger partial charge in [0.15, 0.2) is 0 Å². The molecule has 1 aromatic rings. The van der Waals surface area contributed by atoms with Crippen molar-refractivity contribution in [2.75, 3.05) is 37.8 Å². The number of likely N-dealkylation sites (N-methyl/N-ethyl adjacent to an activating group) is 2. The van der Waals surface area contributed by atoms with Gasteiger partial charge in [0.2, 0.25) is 5.91 Å². The summed E-state index contributed by atoms with van der Waals surface area (Å²) in [5, 5.41) is 9.24. The van der Waals surface area contributed by atoms with Crippen LogP contribution in [0.5, 0.6) is 0 Å². The number of nitrogens with two attached hydrogens (primary N) is 1. The van der Waals surface area contributed by atoms with E-state index in [1.165, 1.54) is 0 Å². The van der Waals surface area contributed by atoms with Crippen molar-refractivity contribution in [2.24, 2.45) is 0 Å². The molecule has 0 saturated heterocycles. The van der Waals surface area contributed by atoms with Crippen molar-refractivity contribution < 1.29 is 9.90 Å². The van der Waals surface area contributed by atoms with Crippen molar-refractivity contribution in [3.05, 3.63) is 24.3 Å². The largest absolute Gasteiger partial charge is 0.399 e. The Morgan fingerprint density at radius 2 is 1.89 bits per heavy atom. The highest BCUT2D eigenvalue weighted by Gasteiger charge is 2.14. The van der Waals surface area contributed by atoms with Gasteiger partial charge in [-0.3, -0.25) is 9.69 Å². The second-order valence-corrected chi connectivity index (χ2v) is 4.59. The maximum Gasteiger partial charge on any atom is 0.240 e. The first-order valence-electron chi connectivity index (χ1n) is 5.89. The molecule has 0 saturated carbocycles. The summed E-state index contributed by atoms with van der Waals surface area (Å²) in [6.45, 7) is 2.44. The van der Waals surface area contributed by atoms with Gasteiger partial charge in [-0.1, -0.05) is 0 Å². The van der Waals surface area contributed by atoms with Crippen LogP contribution >= 0.6 is 0 Å². The minimum atomic E-state index is -0.440.